The molecule has 20 heavy (non-hydrogen) atoms. The molecule has 0 aromatic carbocycles. The van der Waals surface area contributed by atoms with Crippen molar-refractivity contribution in [3.63, 3.8) is 0 Å². The molecule has 5 heteroatoms. The Morgan fingerprint density at radius 2 is 1.80 bits per heavy atom. The minimum atomic E-state index is 0.701. The molecule has 0 aliphatic carbocycles. The number of aryl methyl sites for hydroxylation is 2. The van der Waals surface area contributed by atoms with Crippen LogP contribution < -0.4 is 0 Å². The van der Waals surface area contributed by atoms with Crippen LogP contribution in [0.3, 0.4) is 0 Å². The summed E-state index contributed by atoms with van der Waals surface area (Å²) in [6.45, 7) is 5.78. The van der Waals surface area contributed by atoms with Crippen molar-refractivity contribution in [1.29, 1.82) is 0 Å². The molecule has 0 amide bonds. The van der Waals surface area contributed by atoms with Gasteiger partial charge in [0.25, 0.3) is 0 Å². The summed E-state index contributed by atoms with van der Waals surface area (Å²) in [6.07, 6.45) is 9.41. The second-order valence-electron chi connectivity index (χ2n) is 4.68. The molecule has 0 saturated carbocycles. The van der Waals surface area contributed by atoms with Crippen LogP contribution in [0.15, 0.2) is 43.1 Å². The third kappa shape index (κ3) is 2.22. The number of nitrogens with zero attached hydrogens (tertiary/aromatic N) is 5. The summed E-state index contributed by atoms with van der Waals surface area (Å²) in [5.74, 6) is 1.91. The minimum Gasteiger partial charge on any atom is -0.334 e. The number of hydrogen-bond acceptors (Lipinski definition) is 3. The van der Waals surface area contributed by atoms with Crippen LogP contribution in [0, 0.1) is 6.92 Å². The van der Waals surface area contributed by atoms with Gasteiger partial charge in [-0.15, -0.1) is 0 Å². The topological polar surface area (TPSA) is 48.5 Å². The van der Waals surface area contributed by atoms with Crippen molar-refractivity contribution < 1.29 is 0 Å². The zero-order valence-corrected chi connectivity index (χ0v) is 11.7. The molecule has 102 valence electrons. The van der Waals surface area contributed by atoms with Gasteiger partial charge in [-0.3, -0.25) is 4.98 Å². The maximum atomic E-state index is 4.45. The van der Waals surface area contributed by atoms with Crippen molar-refractivity contribution >= 4 is 0 Å². The number of imidazole rings is 2. The summed E-state index contributed by atoms with van der Waals surface area (Å²) >= 11 is 0. The highest BCUT2D eigenvalue weighted by atomic mass is 15.1. The summed E-state index contributed by atoms with van der Waals surface area (Å²) in [5, 5.41) is 0. The molecule has 0 aliphatic heterocycles. The standard InChI is InChI=1S/C15H17N5/c1-3-19-9-7-16-13(19)11-20-10-8-18-15(20)14-12(2)5-4-6-17-14/h4-10H,3,11H2,1-2H3. The van der Waals surface area contributed by atoms with Gasteiger partial charge in [0.1, 0.15) is 11.5 Å². The Hall–Kier alpha value is -2.43. The second-order valence-corrected chi connectivity index (χ2v) is 4.68. The van der Waals surface area contributed by atoms with E-state index in [1.165, 1.54) is 0 Å². The first-order valence-electron chi connectivity index (χ1n) is 6.72. The highest BCUT2D eigenvalue weighted by Gasteiger charge is 2.11. The van der Waals surface area contributed by atoms with Crippen LogP contribution in [0.2, 0.25) is 0 Å². The summed E-state index contributed by atoms with van der Waals surface area (Å²) < 4.78 is 4.22. The van der Waals surface area contributed by atoms with E-state index in [0.29, 0.717) is 6.54 Å². The van der Waals surface area contributed by atoms with E-state index in [1.807, 2.05) is 43.8 Å². The Kier molecular flexibility index (Phi) is 3.33. The largest absolute Gasteiger partial charge is 0.334 e. The lowest BCUT2D eigenvalue weighted by molar-refractivity contribution is 0.653. The van der Waals surface area contributed by atoms with Crippen molar-refractivity contribution in [2.24, 2.45) is 0 Å². The lowest BCUT2D eigenvalue weighted by Gasteiger charge is -2.10. The first-order chi connectivity index (χ1) is 9.79. The van der Waals surface area contributed by atoms with Gasteiger partial charge in [-0.1, -0.05) is 6.07 Å². The summed E-state index contributed by atoms with van der Waals surface area (Å²) in [6, 6.07) is 3.99. The Morgan fingerprint density at radius 3 is 2.60 bits per heavy atom. The van der Waals surface area contributed by atoms with Gasteiger partial charge in [0.2, 0.25) is 0 Å². The fourth-order valence-corrected chi connectivity index (χ4v) is 2.31. The Labute approximate surface area is 118 Å². The molecule has 3 aromatic heterocycles. The molecule has 0 radical (unpaired) electrons. The fourth-order valence-electron chi connectivity index (χ4n) is 2.31. The van der Waals surface area contributed by atoms with Gasteiger partial charge in [-0.2, -0.15) is 0 Å². The first kappa shape index (κ1) is 12.6. The summed E-state index contributed by atoms with van der Waals surface area (Å²) in [4.78, 5) is 13.3. The smallest absolute Gasteiger partial charge is 0.159 e. The average molecular weight is 267 g/mol. The maximum Gasteiger partial charge on any atom is 0.159 e. The Balaban J connectivity index is 1.97. The van der Waals surface area contributed by atoms with Gasteiger partial charge >= 0.3 is 0 Å². The number of hydrogen-bond donors (Lipinski definition) is 0. The Morgan fingerprint density at radius 1 is 1.00 bits per heavy atom. The number of pyridine rings is 1. The van der Waals surface area contributed by atoms with Crippen LogP contribution in [-0.2, 0) is 13.1 Å². The van der Waals surface area contributed by atoms with Gasteiger partial charge in [-0.25, -0.2) is 9.97 Å². The van der Waals surface area contributed by atoms with Gasteiger partial charge in [0.15, 0.2) is 5.82 Å². The molecule has 0 bridgehead atoms. The van der Waals surface area contributed by atoms with Gasteiger partial charge in [-0.05, 0) is 25.5 Å². The molecule has 0 unspecified atom stereocenters. The molecule has 0 aliphatic rings. The lowest BCUT2D eigenvalue weighted by atomic mass is 10.2. The van der Waals surface area contributed by atoms with Crippen molar-refractivity contribution in [1.82, 2.24) is 24.1 Å². The molecule has 0 fully saturated rings. The zero-order chi connectivity index (χ0) is 13.9. The number of aromatic nitrogens is 5. The van der Waals surface area contributed by atoms with E-state index in [-0.39, 0.29) is 0 Å². The predicted molar refractivity (Wildman–Crippen MR) is 77.2 cm³/mol. The third-order valence-corrected chi connectivity index (χ3v) is 3.39. The van der Waals surface area contributed by atoms with Crippen LogP contribution in [0.5, 0.6) is 0 Å². The van der Waals surface area contributed by atoms with E-state index >= 15 is 0 Å². The van der Waals surface area contributed by atoms with E-state index in [2.05, 4.69) is 31.0 Å². The predicted octanol–water partition coefficient (Wildman–Crippen LogP) is 2.52. The highest BCUT2D eigenvalue weighted by molar-refractivity contribution is 5.54. The van der Waals surface area contributed by atoms with Gasteiger partial charge in [0, 0.05) is 37.5 Å². The first-order valence-corrected chi connectivity index (χ1v) is 6.72. The molecular formula is C15H17N5. The van der Waals surface area contributed by atoms with Gasteiger partial charge in [0.05, 0.1) is 6.54 Å². The van der Waals surface area contributed by atoms with Crippen molar-refractivity contribution in [3.05, 3.63) is 54.5 Å². The van der Waals surface area contributed by atoms with Crippen LogP contribution >= 0.6 is 0 Å². The van der Waals surface area contributed by atoms with E-state index in [1.54, 1.807) is 6.20 Å². The van der Waals surface area contributed by atoms with Crippen molar-refractivity contribution in [2.75, 3.05) is 0 Å². The maximum absolute atomic E-state index is 4.45. The fraction of sp³-hybridized carbons (Fsp3) is 0.267. The van der Waals surface area contributed by atoms with Crippen LogP contribution in [0.4, 0.5) is 0 Å². The van der Waals surface area contributed by atoms with Crippen molar-refractivity contribution in [2.45, 2.75) is 26.9 Å². The molecule has 0 spiro atoms. The Bertz CT molecular complexity index is 710. The molecule has 5 nitrogen and oxygen atoms in total. The molecule has 3 heterocycles. The quantitative estimate of drug-likeness (QED) is 0.729. The van der Waals surface area contributed by atoms with Gasteiger partial charge < -0.3 is 9.13 Å². The van der Waals surface area contributed by atoms with E-state index in [4.69, 9.17) is 0 Å². The summed E-state index contributed by atoms with van der Waals surface area (Å²) in [5.41, 5.74) is 2.05. The summed E-state index contributed by atoms with van der Waals surface area (Å²) in [7, 11) is 0. The molecule has 0 saturated heterocycles. The highest BCUT2D eigenvalue weighted by Crippen LogP contribution is 2.19. The van der Waals surface area contributed by atoms with E-state index in [0.717, 1.165) is 29.5 Å². The number of rotatable bonds is 4. The molecule has 0 atom stereocenters. The minimum absolute atomic E-state index is 0.701. The van der Waals surface area contributed by atoms with Crippen LogP contribution in [0.25, 0.3) is 11.5 Å². The second kappa shape index (κ2) is 5.28. The van der Waals surface area contributed by atoms with Crippen molar-refractivity contribution in [3.8, 4) is 11.5 Å². The average Bonchev–Trinajstić information content (AvgIpc) is 3.09. The molecule has 0 N–H and O–H groups in total. The van der Waals surface area contributed by atoms with Crippen LogP contribution in [-0.4, -0.2) is 24.1 Å². The third-order valence-electron chi connectivity index (χ3n) is 3.39. The monoisotopic (exact) mass is 267 g/mol. The van der Waals surface area contributed by atoms with E-state index < -0.39 is 0 Å². The molecular weight excluding hydrogens is 250 g/mol. The molecule has 3 aromatic rings. The zero-order valence-electron chi connectivity index (χ0n) is 11.7. The molecule has 3 rings (SSSR count). The van der Waals surface area contributed by atoms with Crippen LogP contribution in [0.1, 0.15) is 18.3 Å². The SMILES string of the molecule is CCn1ccnc1Cn1ccnc1-c1ncccc1C. The van der Waals surface area contributed by atoms with E-state index in [9.17, 15) is 0 Å². The normalized spacial score (nSPS) is 10.9. The lowest BCUT2D eigenvalue weighted by Crippen LogP contribution is -2.09.